The zero-order valence-corrected chi connectivity index (χ0v) is 14.9. The summed E-state index contributed by atoms with van der Waals surface area (Å²) in [7, 11) is 0. The summed E-state index contributed by atoms with van der Waals surface area (Å²) in [6, 6.07) is 16.5. The highest BCUT2D eigenvalue weighted by atomic mass is 16.1. The van der Waals surface area contributed by atoms with Gasteiger partial charge in [0.05, 0.1) is 22.3 Å². The summed E-state index contributed by atoms with van der Waals surface area (Å²) >= 11 is 0. The largest absolute Gasteiger partial charge is 0.294 e. The van der Waals surface area contributed by atoms with Gasteiger partial charge in [0.25, 0.3) is 0 Å². The van der Waals surface area contributed by atoms with Gasteiger partial charge >= 0.3 is 0 Å². The van der Waals surface area contributed by atoms with E-state index in [4.69, 9.17) is 4.98 Å². The van der Waals surface area contributed by atoms with Crippen LogP contribution in [0.25, 0.3) is 16.8 Å². The van der Waals surface area contributed by atoms with E-state index in [-0.39, 0.29) is 11.7 Å². The van der Waals surface area contributed by atoms with Gasteiger partial charge in [0.15, 0.2) is 5.78 Å². The van der Waals surface area contributed by atoms with Gasteiger partial charge in [-0.05, 0) is 43.9 Å². The van der Waals surface area contributed by atoms with Crippen LogP contribution in [0.4, 0.5) is 0 Å². The highest BCUT2D eigenvalue weighted by Gasteiger charge is 2.30. The van der Waals surface area contributed by atoms with E-state index in [0.29, 0.717) is 12.2 Å². The van der Waals surface area contributed by atoms with E-state index in [2.05, 4.69) is 36.2 Å². The first-order valence-electron chi connectivity index (χ1n) is 8.98. The number of imidazole rings is 1. The van der Waals surface area contributed by atoms with Gasteiger partial charge in [-0.25, -0.2) is 9.97 Å². The number of carbonyl (C=O) groups is 1. The van der Waals surface area contributed by atoms with Crippen molar-refractivity contribution in [3.63, 3.8) is 0 Å². The Morgan fingerprint density at radius 3 is 2.54 bits per heavy atom. The minimum atomic E-state index is 0.182. The Morgan fingerprint density at radius 1 is 0.962 bits per heavy atom. The van der Waals surface area contributed by atoms with E-state index < -0.39 is 0 Å². The third-order valence-electron chi connectivity index (χ3n) is 5.46. The van der Waals surface area contributed by atoms with Crippen molar-refractivity contribution in [3.8, 4) is 0 Å². The molecule has 0 saturated carbocycles. The molecular weight excluding hydrogens is 322 g/mol. The highest BCUT2D eigenvalue weighted by molar-refractivity contribution is 6.00. The number of carbonyl (C=O) groups excluding carboxylic acids is 1. The fourth-order valence-electron chi connectivity index (χ4n) is 4.13. The third kappa shape index (κ3) is 2.18. The number of fused-ring (bicyclic) bond motifs is 4. The molecule has 2 aromatic carbocycles. The smallest absolute Gasteiger partial charge is 0.235 e. The first-order valence-corrected chi connectivity index (χ1v) is 8.98. The standard InChI is InChI=1S/C22H19N3O/c1-13-7-9-15(10-8-13)16-11-18-21(20(26)12-16)14(2)25-19-6-4-3-5-17(19)23-22(25)24-18/h3-10,16H,11-12H2,1-2H3/t16-/m1/s1. The Kier molecular flexibility index (Phi) is 3.23. The molecule has 0 amide bonds. The van der Waals surface area contributed by atoms with Gasteiger partial charge < -0.3 is 0 Å². The molecule has 128 valence electrons. The van der Waals surface area contributed by atoms with E-state index in [1.54, 1.807) is 0 Å². The maximum absolute atomic E-state index is 13.0. The minimum absolute atomic E-state index is 0.182. The number of hydrogen-bond donors (Lipinski definition) is 0. The molecular formula is C22H19N3O. The molecule has 0 spiro atoms. The van der Waals surface area contributed by atoms with Crippen LogP contribution in [0.2, 0.25) is 0 Å². The molecule has 0 radical (unpaired) electrons. The number of benzene rings is 2. The van der Waals surface area contributed by atoms with Crippen molar-refractivity contribution in [3.05, 3.63) is 76.6 Å². The van der Waals surface area contributed by atoms with Crippen LogP contribution in [0.15, 0.2) is 48.5 Å². The van der Waals surface area contributed by atoms with Crippen molar-refractivity contribution in [2.75, 3.05) is 0 Å². The lowest BCUT2D eigenvalue weighted by Crippen LogP contribution is -2.23. The number of para-hydroxylation sites is 2. The van der Waals surface area contributed by atoms with Crippen molar-refractivity contribution in [2.24, 2.45) is 0 Å². The van der Waals surface area contributed by atoms with Crippen LogP contribution < -0.4 is 0 Å². The van der Waals surface area contributed by atoms with Crippen LogP contribution in [-0.2, 0) is 6.42 Å². The fraction of sp³-hybridized carbons (Fsp3) is 0.227. The second-order valence-corrected chi connectivity index (χ2v) is 7.19. The molecule has 0 aliphatic heterocycles. The fourth-order valence-corrected chi connectivity index (χ4v) is 4.13. The van der Waals surface area contributed by atoms with Crippen LogP contribution in [0, 0.1) is 13.8 Å². The summed E-state index contributed by atoms with van der Waals surface area (Å²) in [5.41, 5.74) is 6.97. The summed E-state index contributed by atoms with van der Waals surface area (Å²) < 4.78 is 2.01. The summed E-state index contributed by atoms with van der Waals surface area (Å²) in [5, 5.41) is 0. The number of Topliss-reactive ketones (excluding diaryl/α,β-unsaturated/α-hetero) is 1. The number of aryl methyl sites for hydroxylation is 2. The number of aromatic nitrogens is 3. The molecule has 1 aliphatic rings. The second kappa shape index (κ2) is 5.49. The predicted molar refractivity (Wildman–Crippen MR) is 102 cm³/mol. The van der Waals surface area contributed by atoms with Crippen molar-refractivity contribution in [1.29, 1.82) is 0 Å². The van der Waals surface area contributed by atoms with Gasteiger partial charge in [-0.2, -0.15) is 0 Å². The Morgan fingerprint density at radius 2 is 1.73 bits per heavy atom. The maximum Gasteiger partial charge on any atom is 0.235 e. The summed E-state index contributed by atoms with van der Waals surface area (Å²) in [6.45, 7) is 4.08. The SMILES string of the molecule is Cc1ccc([C@H]2CC(=O)c3c(nc4nc5ccccc5n4c3C)C2)cc1. The Bertz CT molecular complexity index is 1170. The number of nitrogens with zero attached hydrogens (tertiary/aromatic N) is 3. The number of hydrogen-bond acceptors (Lipinski definition) is 3. The van der Waals surface area contributed by atoms with Crippen molar-refractivity contribution >= 4 is 22.6 Å². The molecule has 0 bridgehead atoms. The second-order valence-electron chi connectivity index (χ2n) is 7.19. The van der Waals surface area contributed by atoms with Gasteiger partial charge in [-0.15, -0.1) is 0 Å². The van der Waals surface area contributed by atoms with E-state index in [1.807, 2.05) is 35.6 Å². The lowest BCUT2D eigenvalue weighted by Gasteiger charge is -2.25. The monoisotopic (exact) mass is 341 g/mol. The molecule has 2 aromatic heterocycles. The number of ketones is 1. The highest BCUT2D eigenvalue weighted by Crippen LogP contribution is 2.34. The molecule has 0 saturated heterocycles. The average Bonchev–Trinajstić information content (AvgIpc) is 3.00. The predicted octanol–water partition coefficient (Wildman–Crippen LogP) is 4.41. The zero-order valence-electron chi connectivity index (χ0n) is 14.9. The van der Waals surface area contributed by atoms with Gasteiger partial charge in [0.1, 0.15) is 0 Å². The summed E-state index contributed by atoms with van der Waals surface area (Å²) in [6.07, 6.45) is 1.32. The average molecular weight is 341 g/mol. The van der Waals surface area contributed by atoms with Gasteiger partial charge in [0.2, 0.25) is 5.78 Å². The van der Waals surface area contributed by atoms with Crippen molar-refractivity contribution in [2.45, 2.75) is 32.6 Å². The molecule has 26 heavy (non-hydrogen) atoms. The molecule has 4 heteroatoms. The van der Waals surface area contributed by atoms with Crippen LogP contribution >= 0.6 is 0 Å². The molecule has 1 aliphatic carbocycles. The molecule has 0 unspecified atom stereocenters. The van der Waals surface area contributed by atoms with Crippen LogP contribution in [0.1, 0.15) is 45.2 Å². The van der Waals surface area contributed by atoms with Gasteiger partial charge in [0, 0.05) is 12.1 Å². The Hall–Kier alpha value is -3.01. The quantitative estimate of drug-likeness (QED) is 0.515. The lowest BCUT2D eigenvalue weighted by molar-refractivity contribution is 0.0962. The normalized spacial score (nSPS) is 17.0. The van der Waals surface area contributed by atoms with E-state index in [9.17, 15) is 4.79 Å². The van der Waals surface area contributed by atoms with Gasteiger partial charge in [-0.1, -0.05) is 42.0 Å². The molecule has 0 N–H and O–H groups in total. The van der Waals surface area contributed by atoms with E-state index in [1.165, 1.54) is 11.1 Å². The van der Waals surface area contributed by atoms with Gasteiger partial charge in [-0.3, -0.25) is 9.20 Å². The number of rotatable bonds is 1. The molecule has 0 fully saturated rings. The molecule has 4 nitrogen and oxygen atoms in total. The van der Waals surface area contributed by atoms with Crippen molar-refractivity contribution in [1.82, 2.24) is 14.4 Å². The van der Waals surface area contributed by atoms with Crippen molar-refractivity contribution < 1.29 is 4.79 Å². The lowest BCUT2D eigenvalue weighted by atomic mass is 9.81. The van der Waals surface area contributed by atoms with Crippen LogP contribution in [0.3, 0.4) is 0 Å². The summed E-state index contributed by atoms with van der Waals surface area (Å²) in [4.78, 5) is 22.4. The third-order valence-corrected chi connectivity index (χ3v) is 5.46. The molecule has 1 atom stereocenters. The van der Waals surface area contributed by atoms with Crippen LogP contribution in [0.5, 0.6) is 0 Å². The molecule has 5 rings (SSSR count). The maximum atomic E-state index is 13.0. The topological polar surface area (TPSA) is 47.3 Å². The first kappa shape index (κ1) is 15.3. The Balaban J connectivity index is 1.68. The van der Waals surface area contributed by atoms with E-state index in [0.717, 1.165) is 34.4 Å². The first-order chi connectivity index (χ1) is 12.6. The summed E-state index contributed by atoms with van der Waals surface area (Å²) in [5.74, 6) is 1.05. The molecule has 2 heterocycles. The minimum Gasteiger partial charge on any atom is -0.294 e. The zero-order chi connectivity index (χ0) is 17.8. The Labute approximate surface area is 151 Å². The van der Waals surface area contributed by atoms with E-state index >= 15 is 0 Å². The van der Waals surface area contributed by atoms with Crippen LogP contribution in [-0.4, -0.2) is 20.2 Å². The molecule has 4 aromatic rings.